The Labute approximate surface area is 79.8 Å². The molecule has 0 fully saturated rings. The third-order valence-electron chi connectivity index (χ3n) is 1.43. The summed E-state index contributed by atoms with van der Waals surface area (Å²) in [6.07, 6.45) is 1.16. The van der Waals surface area contributed by atoms with Gasteiger partial charge < -0.3 is 13.9 Å². The van der Waals surface area contributed by atoms with Gasteiger partial charge in [-0.3, -0.25) is 4.79 Å². The zero-order valence-corrected chi connectivity index (χ0v) is 7.56. The summed E-state index contributed by atoms with van der Waals surface area (Å²) in [6, 6.07) is 0. The monoisotopic (exact) mass is 199 g/mol. The lowest BCUT2D eigenvalue weighted by Crippen LogP contribution is -2.10. The van der Waals surface area contributed by atoms with Crippen molar-refractivity contribution < 1.29 is 23.5 Å². The summed E-state index contributed by atoms with van der Waals surface area (Å²) in [5, 5.41) is 0. The Bertz CT molecular complexity index is 319. The Kier molecular flexibility index (Phi) is 3.66. The number of nitrogens with zero attached hydrogens (tertiary/aromatic N) is 1. The lowest BCUT2D eigenvalue weighted by molar-refractivity contribution is -0.129. The molecule has 76 valence electrons. The molecule has 0 saturated heterocycles. The van der Waals surface area contributed by atoms with Crippen LogP contribution in [0.15, 0.2) is 10.8 Å². The molecule has 1 heterocycles. The van der Waals surface area contributed by atoms with Crippen LogP contribution in [0.2, 0.25) is 0 Å². The Morgan fingerprint density at radius 2 is 2.43 bits per heavy atom. The number of ether oxygens (including phenoxy) is 2. The molecule has 0 spiro atoms. The first kappa shape index (κ1) is 10.2. The van der Waals surface area contributed by atoms with Crippen molar-refractivity contribution >= 4 is 12.4 Å². The highest BCUT2D eigenvalue weighted by molar-refractivity contribution is 5.87. The molecule has 1 aromatic rings. The van der Waals surface area contributed by atoms with Gasteiger partial charge in [0.05, 0.1) is 5.69 Å². The fourth-order valence-electron chi connectivity index (χ4n) is 0.794. The number of aromatic nitrogens is 1. The highest BCUT2D eigenvalue weighted by Gasteiger charge is 2.14. The average molecular weight is 199 g/mol. The number of hydrogen-bond acceptors (Lipinski definition) is 6. The molecule has 1 aromatic heterocycles. The van der Waals surface area contributed by atoms with Gasteiger partial charge in [-0.25, -0.2) is 9.78 Å². The summed E-state index contributed by atoms with van der Waals surface area (Å²) in [5.41, 5.74) is 0.464. The maximum Gasteiger partial charge on any atom is 0.376 e. The van der Waals surface area contributed by atoms with E-state index in [1.165, 1.54) is 0 Å². The minimum absolute atomic E-state index is 0.00227. The van der Waals surface area contributed by atoms with E-state index in [9.17, 15) is 9.59 Å². The summed E-state index contributed by atoms with van der Waals surface area (Å²) in [4.78, 5) is 24.7. The third-order valence-corrected chi connectivity index (χ3v) is 1.43. The van der Waals surface area contributed by atoms with Gasteiger partial charge in [-0.2, -0.15) is 0 Å². The molecule has 0 unspecified atom stereocenters. The predicted molar refractivity (Wildman–Crippen MR) is 43.5 cm³/mol. The van der Waals surface area contributed by atoms with Crippen molar-refractivity contribution in [2.75, 3.05) is 13.2 Å². The van der Waals surface area contributed by atoms with E-state index in [4.69, 9.17) is 9.15 Å². The number of oxazole rings is 1. The van der Waals surface area contributed by atoms with Crippen molar-refractivity contribution in [2.45, 2.75) is 6.92 Å². The van der Waals surface area contributed by atoms with Gasteiger partial charge in [0.1, 0.15) is 13.2 Å². The van der Waals surface area contributed by atoms with Crippen LogP contribution in [0.25, 0.3) is 0 Å². The molecular formula is C8H9NO5. The van der Waals surface area contributed by atoms with Gasteiger partial charge in [0, 0.05) is 0 Å². The highest BCUT2D eigenvalue weighted by Crippen LogP contribution is 2.06. The van der Waals surface area contributed by atoms with E-state index in [0.29, 0.717) is 5.69 Å². The van der Waals surface area contributed by atoms with Gasteiger partial charge in [0.2, 0.25) is 5.76 Å². The quantitative estimate of drug-likeness (QED) is 0.386. The molecule has 0 saturated carbocycles. The molecule has 0 atom stereocenters. The van der Waals surface area contributed by atoms with E-state index in [-0.39, 0.29) is 25.4 Å². The molecule has 0 amide bonds. The van der Waals surface area contributed by atoms with Gasteiger partial charge in [0.15, 0.2) is 6.39 Å². The Balaban J connectivity index is 2.36. The fourth-order valence-corrected chi connectivity index (χ4v) is 0.794. The Morgan fingerprint density at radius 1 is 1.64 bits per heavy atom. The standard InChI is InChI=1S/C8H9NO5/c1-6-7(14-4-9-6)8(11)13-3-2-12-5-10/h4-5H,2-3H2,1H3. The number of carbonyl (C=O) groups excluding carboxylic acids is 2. The molecule has 0 aliphatic carbocycles. The van der Waals surface area contributed by atoms with Crippen LogP contribution in [0.1, 0.15) is 16.2 Å². The minimum atomic E-state index is -0.616. The molecule has 0 radical (unpaired) electrons. The molecule has 6 nitrogen and oxygen atoms in total. The normalized spacial score (nSPS) is 9.50. The van der Waals surface area contributed by atoms with Crippen LogP contribution >= 0.6 is 0 Å². The molecule has 0 aromatic carbocycles. The second-order valence-corrected chi connectivity index (χ2v) is 2.37. The molecule has 14 heavy (non-hydrogen) atoms. The van der Waals surface area contributed by atoms with Crippen LogP contribution in [-0.2, 0) is 14.3 Å². The number of hydrogen-bond donors (Lipinski definition) is 0. The van der Waals surface area contributed by atoms with Crippen molar-refractivity contribution in [1.82, 2.24) is 4.98 Å². The highest BCUT2D eigenvalue weighted by atomic mass is 16.6. The summed E-state index contributed by atoms with van der Waals surface area (Å²) >= 11 is 0. The zero-order valence-electron chi connectivity index (χ0n) is 7.56. The van der Waals surface area contributed by atoms with Gasteiger partial charge in [-0.1, -0.05) is 0 Å². The summed E-state index contributed by atoms with van der Waals surface area (Å²) < 4.78 is 13.8. The van der Waals surface area contributed by atoms with Crippen LogP contribution in [0.5, 0.6) is 0 Å². The van der Waals surface area contributed by atoms with Crippen LogP contribution in [-0.4, -0.2) is 30.6 Å². The van der Waals surface area contributed by atoms with Crippen molar-refractivity contribution in [1.29, 1.82) is 0 Å². The second kappa shape index (κ2) is 5.00. The van der Waals surface area contributed by atoms with Crippen LogP contribution in [0, 0.1) is 6.92 Å². The van der Waals surface area contributed by atoms with Crippen LogP contribution in [0.4, 0.5) is 0 Å². The number of esters is 1. The van der Waals surface area contributed by atoms with E-state index in [0.717, 1.165) is 6.39 Å². The van der Waals surface area contributed by atoms with E-state index < -0.39 is 5.97 Å². The number of rotatable bonds is 5. The van der Waals surface area contributed by atoms with Gasteiger partial charge >= 0.3 is 5.97 Å². The van der Waals surface area contributed by atoms with Crippen LogP contribution in [0.3, 0.4) is 0 Å². The molecule has 0 bridgehead atoms. The largest absolute Gasteiger partial charge is 0.464 e. The van der Waals surface area contributed by atoms with Gasteiger partial charge in [0.25, 0.3) is 6.47 Å². The molecule has 0 aliphatic rings. The molecule has 1 rings (SSSR count). The maximum absolute atomic E-state index is 11.2. The summed E-state index contributed by atoms with van der Waals surface area (Å²) in [5.74, 6) is -0.550. The fraction of sp³-hybridized carbons (Fsp3) is 0.375. The minimum Gasteiger partial charge on any atom is -0.464 e. The van der Waals surface area contributed by atoms with Gasteiger partial charge in [-0.15, -0.1) is 0 Å². The van der Waals surface area contributed by atoms with Crippen molar-refractivity contribution in [2.24, 2.45) is 0 Å². The molecule has 6 heteroatoms. The Hall–Kier alpha value is -1.85. The first-order valence-electron chi connectivity index (χ1n) is 3.88. The lowest BCUT2D eigenvalue weighted by Gasteiger charge is -2.01. The summed E-state index contributed by atoms with van der Waals surface area (Å²) in [6.45, 7) is 1.94. The second-order valence-electron chi connectivity index (χ2n) is 2.37. The SMILES string of the molecule is Cc1ncoc1C(=O)OCCOC=O. The van der Waals surface area contributed by atoms with E-state index in [2.05, 4.69) is 9.72 Å². The van der Waals surface area contributed by atoms with E-state index >= 15 is 0 Å². The Morgan fingerprint density at radius 3 is 3.00 bits per heavy atom. The molecule has 0 aliphatic heterocycles. The number of aryl methyl sites for hydroxylation is 1. The number of carbonyl (C=O) groups is 2. The lowest BCUT2D eigenvalue weighted by atomic mass is 10.4. The third kappa shape index (κ3) is 2.58. The van der Waals surface area contributed by atoms with Crippen molar-refractivity contribution in [3.05, 3.63) is 17.8 Å². The van der Waals surface area contributed by atoms with Crippen molar-refractivity contribution in [3.8, 4) is 0 Å². The van der Waals surface area contributed by atoms with Gasteiger partial charge in [-0.05, 0) is 6.92 Å². The van der Waals surface area contributed by atoms with Crippen LogP contribution < -0.4 is 0 Å². The van der Waals surface area contributed by atoms with E-state index in [1.54, 1.807) is 6.92 Å². The maximum atomic E-state index is 11.2. The average Bonchev–Trinajstić information content (AvgIpc) is 2.59. The smallest absolute Gasteiger partial charge is 0.376 e. The molecule has 0 N–H and O–H groups in total. The predicted octanol–water partition coefficient (Wildman–Crippen LogP) is 0.313. The van der Waals surface area contributed by atoms with E-state index in [1.807, 2.05) is 0 Å². The topological polar surface area (TPSA) is 78.6 Å². The summed E-state index contributed by atoms with van der Waals surface area (Å²) in [7, 11) is 0. The first-order valence-corrected chi connectivity index (χ1v) is 3.88. The first-order chi connectivity index (χ1) is 6.75. The van der Waals surface area contributed by atoms with Crippen molar-refractivity contribution in [3.63, 3.8) is 0 Å². The zero-order chi connectivity index (χ0) is 10.4. The molecular weight excluding hydrogens is 190 g/mol.